The summed E-state index contributed by atoms with van der Waals surface area (Å²) in [5.41, 5.74) is 0.903. The van der Waals surface area contributed by atoms with Crippen LogP contribution in [-0.2, 0) is 25.9 Å². The average Bonchev–Trinajstić information content (AvgIpc) is 2.95. The Balaban J connectivity index is 1.42. The number of guanidine groups is 1. The minimum absolute atomic E-state index is 0.186. The smallest absolute Gasteiger partial charge is 0.422 e. The predicted octanol–water partition coefficient (Wildman–Crippen LogP) is 2.85. The standard InChI is InChI=1S/C20H27F3N6O/c1-24-19(25-11-10-18-28-27-17-5-3-2-4-12-29(17)18)26-13-15-6-8-16(9-7-15)30-14-20(21,22)23/h6-9H,2-5,10-14H2,1H3,(H2,24,25,26). The Morgan fingerprint density at radius 3 is 2.67 bits per heavy atom. The minimum atomic E-state index is -4.34. The summed E-state index contributed by atoms with van der Waals surface area (Å²) in [7, 11) is 1.69. The molecule has 0 saturated heterocycles. The molecule has 1 aliphatic heterocycles. The Bertz CT molecular complexity index is 832. The Hall–Kier alpha value is -2.78. The Kier molecular flexibility index (Phi) is 7.53. The molecule has 0 spiro atoms. The van der Waals surface area contributed by atoms with Crippen molar-refractivity contribution in [1.82, 2.24) is 25.4 Å². The van der Waals surface area contributed by atoms with Crippen LogP contribution in [0.1, 0.15) is 36.5 Å². The molecular weight excluding hydrogens is 397 g/mol. The molecule has 1 aromatic heterocycles. The second-order valence-corrected chi connectivity index (χ2v) is 7.15. The molecule has 0 unspecified atom stereocenters. The zero-order chi connectivity index (χ0) is 21.4. The van der Waals surface area contributed by atoms with Gasteiger partial charge in [0.05, 0.1) is 0 Å². The SMILES string of the molecule is CN=C(NCCc1nnc2n1CCCCC2)NCc1ccc(OCC(F)(F)F)cc1. The summed E-state index contributed by atoms with van der Waals surface area (Å²) in [5, 5.41) is 15.1. The summed E-state index contributed by atoms with van der Waals surface area (Å²) < 4.78 is 43.5. The van der Waals surface area contributed by atoms with Gasteiger partial charge >= 0.3 is 6.18 Å². The molecule has 0 fully saturated rings. The molecule has 10 heteroatoms. The number of halogens is 3. The third-order valence-corrected chi connectivity index (χ3v) is 4.84. The summed E-state index contributed by atoms with van der Waals surface area (Å²) in [6.45, 7) is 0.839. The van der Waals surface area contributed by atoms with Gasteiger partial charge in [-0.1, -0.05) is 18.6 Å². The van der Waals surface area contributed by atoms with E-state index in [-0.39, 0.29) is 5.75 Å². The lowest BCUT2D eigenvalue weighted by molar-refractivity contribution is -0.153. The minimum Gasteiger partial charge on any atom is -0.484 e. The number of benzene rings is 1. The highest BCUT2D eigenvalue weighted by Crippen LogP contribution is 2.19. The first kappa shape index (κ1) is 21.9. The van der Waals surface area contributed by atoms with Gasteiger partial charge in [0.25, 0.3) is 0 Å². The predicted molar refractivity (Wildman–Crippen MR) is 107 cm³/mol. The van der Waals surface area contributed by atoms with E-state index in [1.807, 2.05) is 0 Å². The third-order valence-electron chi connectivity index (χ3n) is 4.84. The molecule has 0 aliphatic carbocycles. The number of aliphatic imine (C=N–C) groups is 1. The van der Waals surface area contributed by atoms with Crippen molar-refractivity contribution < 1.29 is 17.9 Å². The molecule has 30 heavy (non-hydrogen) atoms. The fourth-order valence-electron chi connectivity index (χ4n) is 3.30. The molecule has 0 atom stereocenters. The maximum absolute atomic E-state index is 12.2. The fourth-order valence-corrected chi connectivity index (χ4v) is 3.30. The van der Waals surface area contributed by atoms with Crippen molar-refractivity contribution in [2.45, 2.75) is 51.4 Å². The normalized spacial score (nSPS) is 14.7. The van der Waals surface area contributed by atoms with E-state index in [0.717, 1.165) is 43.0 Å². The summed E-state index contributed by atoms with van der Waals surface area (Å²) >= 11 is 0. The first-order chi connectivity index (χ1) is 14.4. The zero-order valence-corrected chi connectivity index (χ0v) is 17.0. The molecule has 1 aromatic carbocycles. The number of nitrogens with zero attached hydrogens (tertiary/aromatic N) is 4. The van der Waals surface area contributed by atoms with Crippen LogP contribution < -0.4 is 15.4 Å². The van der Waals surface area contributed by atoms with Gasteiger partial charge in [-0.05, 0) is 30.5 Å². The summed E-state index contributed by atoms with van der Waals surface area (Å²) in [6, 6.07) is 6.49. The van der Waals surface area contributed by atoms with E-state index in [1.54, 1.807) is 19.2 Å². The van der Waals surface area contributed by atoms with E-state index >= 15 is 0 Å². The number of ether oxygens (including phenoxy) is 1. The monoisotopic (exact) mass is 424 g/mol. The van der Waals surface area contributed by atoms with Crippen LogP contribution in [0.3, 0.4) is 0 Å². The number of hydrogen-bond acceptors (Lipinski definition) is 4. The van der Waals surface area contributed by atoms with Crippen LogP contribution in [0.25, 0.3) is 0 Å². The Labute approximate surface area is 173 Å². The van der Waals surface area contributed by atoms with Crippen molar-refractivity contribution in [2.75, 3.05) is 20.2 Å². The van der Waals surface area contributed by atoms with Gasteiger partial charge in [-0.3, -0.25) is 4.99 Å². The second kappa shape index (κ2) is 10.3. The van der Waals surface area contributed by atoms with Gasteiger partial charge in [0, 0.05) is 39.5 Å². The van der Waals surface area contributed by atoms with Gasteiger partial charge in [0.1, 0.15) is 17.4 Å². The molecule has 2 aromatic rings. The summed E-state index contributed by atoms with van der Waals surface area (Å²) in [6.07, 6.45) is 0.955. The van der Waals surface area contributed by atoms with Crippen LogP contribution in [-0.4, -0.2) is 47.1 Å². The van der Waals surface area contributed by atoms with Gasteiger partial charge in [-0.25, -0.2) is 0 Å². The van der Waals surface area contributed by atoms with Crippen LogP contribution in [0.5, 0.6) is 5.75 Å². The van der Waals surface area contributed by atoms with Crippen molar-refractivity contribution in [1.29, 1.82) is 0 Å². The van der Waals surface area contributed by atoms with Gasteiger partial charge in [-0.2, -0.15) is 13.2 Å². The van der Waals surface area contributed by atoms with E-state index in [2.05, 4.69) is 30.4 Å². The molecule has 2 N–H and O–H groups in total. The highest BCUT2D eigenvalue weighted by Gasteiger charge is 2.28. The Morgan fingerprint density at radius 1 is 1.13 bits per heavy atom. The van der Waals surface area contributed by atoms with Crippen LogP contribution in [0.4, 0.5) is 13.2 Å². The molecule has 0 saturated carbocycles. The molecule has 164 valence electrons. The largest absolute Gasteiger partial charge is 0.484 e. The lowest BCUT2D eigenvalue weighted by atomic mass is 10.2. The van der Waals surface area contributed by atoms with E-state index in [9.17, 15) is 13.2 Å². The highest BCUT2D eigenvalue weighted by molar-refractivity contribution is 5.79. The first-order valence-corrected chi connectivity index (χ1v) is 10.1. The second-order valence-electron chi connectivity index (χ2n) is 7.15. The molecule has 0 bridgehead atoms. The maximum atomic E-state index is 12.2. The average molecular weight is 424 g/mol. The van der Waals surface area contributed by atoms with Crippen LogP contribution in [0.15, 0.2) is 29.3 Å². The maximum Gasteiger partial charge on any atom is 0.422 e. The summed E-state index contributed by atoms with van der Waals surface area (Å²) in [4.78, 5) is 4.20. The molecule has 7 nitrogen and oxygen atoms in total. The number of aryl methyl sites for hydroxylation is 1. The van der Waals surface area contributed by atoms with Crippen molar-refractivity contribution in [3.8, 4) is 5.75 Å². The van der Waals surface area contributed by atoms with Gasteiger partial charge in [0.15, 0.2) is 12.6 Å². The number of alkyl halides is 3. The van der Waals surface area contributed by atoms with Crippen molar-refractivity contribution in [3.63, 3.8) is 0 Å². The van der Waals surface area contributed by atoms with Crippen LogP contribution >= 0.6 is 0 Å². The van der Waals surface area contributed by atoms with E-state index in [4.69, 9.17) is 4.74 Å². The highest BCUT2D eigenvalue weighted by atomic mass is 19.4. The molecule has 0 radical (unpaired) electrons. The fraction of sp³-hybridized carbons (Fsp3) is 0.550. The first-order valence-electron chi connectivity index (χ1n) is 10.1. The number of aromatic nitrogens is 3. The number of rotatable bonds is 7. The molecule has 2 heterocycles. The van der Waals surface area contributed by atoms with E-state index in [1.165, 1.54) is 25.0 Å². The van der Waals surface area contributed by atoms with Gasteiger partial charge in [-0.15, -0.1) is 10.2 Å². The molecule has 3 rings (SSSR count). The lowest BCUT2D eigenvalue weighted by Crippen LogP contribution is -2.38. The van der Waals surface area contributed by atoms with E-state index in [0.29, 0.717) is 19.0 Å². The number of nitrogens with one attached hydrogen (secondary N) is 2. The number of hydrogen-bond donors (Lipinski definition) is 2. The van der Waals surface area contributed by atoms with Crippen LogP contribution in [0.2, 0.25) is 0 Å². The molecule has 0 amide bonds. The van der Waals surface area contributed by atoms with Gasteiger partial charge < -0.3 is 19.9 Å². The Morgan fingerprint density at radius 2 is 1.93 bits per heavy atom. The lowest BCUT2D eigenvalue weighted by Gasteiger charge is -2.13. The third kappa shape index (κ3) is 6.64. The van der Waals surface area contributed by atoms with Crippen molar-refractivity contribution in [3.05, 3.63) is 41.5 Å². The topological polar surface area (TPSA) is 76.4 Å². The van der Waals surface area contributed by atoms with E-state index < -0.39 is 12.8 Å². The summed E-state index contributed by atoms with van der Waals surface area (Å²) in [5.74, 6) is 2.89. The zero-order valence-electron chi connectivity index (χ0n) is 17.0. The number of fused-ring (bicyclic) bond motifs is 1. The molecule has 1 aliphatic rings. The van der Waals surface area contributed by atoms with Crippen molar-refractivity contribution in [2.24, 2.45) is 4.99 Å². The van der Waals surface area contributed by atoms with Crippen molar-refractivity contribution >= 4 is 5.96 Å². The van der Waals surface area contributed by atoms with Crippen LogP contribution in [0, 0.1) is 0 Å². The quantitative estimate of drug-likeness (QED) is 0.528. The van der Waals surface area contributed by atoms with Gasteiger partial charge in [0.2, 0.25) is 0 Å². The molecular formula is C20H27F3N6O.